The van der Waals surface area contributed by atoms with E-state index < -0.39 is 0 Å². The summed E-state index contributed by atoms with van der Waals surface area (Å²) in [5.74, 6) is 0. The average Bonchev–Trinajstić information content (AvgIpc) is 2.90. The molecule has 0 radical (unpaired) electrons. The quantitative estimate of drug-likeness (QED) is 0.696. The Labute approximate surface area is 123 Å². The first kappa shape index (κ1) is 16.7. The maximum absolute atomic E-state index is 6.06. The molecule has 110 valence electrons. The molecule has 19 heavy (non-hydrogen) atoms. The monoisotopic (exact) mass is 282 g/mol. The molecule has 1 aromatic rings. The summed E-state index contributed by atoms with van der Waals surface area (Å²) >= 11 is 1.94. The first-order chi connectivity index (χ1) is 9.26. The second-order valence-corrected chi connectivity index (χ2v) is 6.35. The first-order valence-electron chi connectivity index (χ1n) is 7.79. The Morgan fingerprint density at radius 1 is 1.11 bits per heavy atom. The molecule has 0 aliphatic heterocycles. The second kappa shape index (κ2) is 9.51. The molecule has 0 fully saturated rings. The normalized spacial score (nSPS) is 13.1. The Balaban J connectivity index is 2.75. The fraction of sp³-hybridized carbons (Fsp3) is 0.750. The number of aryl methyl sites for hydroxylation is 1. The summed E-state index contributed by atoms with van der Waals surface area (Å²) in [6.07, 6.45) is 6.18. The molecule has 1 atom stereocenters. The summed E-state index contributed by atoms with van der Waals surface area (Å²) in [5.41, 5.74) is 6.06. The average molecular weight is 282 g/mol. The lowest BCUT2D eigenvalue weighted by molar-refractivity contribution is 0.198. The van der Waals surface area contributed by atoms with Crippen LogP contribution < -0.4 is 5.73 Å². The molecule has 0 aromatic carbocycles. The van der Waals surface area contributed by atoms with E-state index in [0.29, 0.717) is 6.04 Å². The van der Waals surface area contributed by atoms with Crippen LogP contribution in [0.3, 0.4) is 0 Å². The van der Waals surface area contributed by atoms with E-state index in [9.17, 15) is 0 Å². The summed E-state index contributed by atoms with van der Waals surface area (Å²) in [6.45, 7) is 9.83. The van der Waals surface area contributed by atoms with E-state index in [4.69, 9.17) is 5.73 Å². The standard InChI is InChI=1S/C16H30N2S/c1-4-7-11-18(12-8-5-2)15(13-17)16-10-9-14(6-3)19-16/h9-10,15H,4-8,11-13,17H2,1-3H3. The Morgan fingerprint density at radius 3 is 2.16 bits per heavy atom. The van der Waals surface area contributed by atoms with Gasteiger partial charge in [-0.15, -0.1) is 11.3 Å². The minimum absolute atomic E-state index is 0.420. The van der Waals surface area contributed by atoms with Crippen LogP contribution >= 0.6 is 11.3 Å². The number of nitrogens with zero attached hydrogens (tertiary/aromatic N) is 1. The zero-order valence-electron chi connectivity index (χ0n) is 12.8. The van der Waals surface area contributed by atoms with Gasteiger partial charge in [-0.25, -0.2) is 0 Å². The van der Waals surface area contributed by atoms with Gasteiger partial charge in [0, 0.05) is 16.3 Å². The number of hydrogen-bond acceptors (Lipinski definition) is 3. The molecule has 0 spiro atoms. The maximum Gasteiger partial charge on any atom is 0.0564 e. The van der Waals surface area contributed by atoms with Crippen molar-refractivity contribution in [2.45, 2.75) is 58.9 Å². The molecule has 0 amide bonds. The SMILES string of the molecule is CCCCN(CCCC)C(CN)c1ccc(CC)s1. The summed E-state index contributed by atoms with van der Waals surface area (Å²) in [7, 11) is 0. The van der Waals surface area contributed by atoms with Crippen molar-refractivity contribution in [1.29, 1.82) is 0 Å². The first-order valence-corrected chi connectivity index (χ1v) is 8.61. The van der Waals surface area contributed by atoms with Crippen molar-refractivity contribution in [3.05, 3.63) is 21.9 Å². The van der Waals surface area contributed by atoms with Crippen molar-refractivity contribution in [3.63, 3.8) is 0 Å². The van der Waals surface area contributed by atoms with E-state index >= 15 is 0 Å². The molecule has 3 heteroatoms. The Morgan fingerprint density at radius 2 is 1.74 bits per heavy atom. The predicted octanol–water partition coefficient (Wildman–Crippen LogP) is 4.21. The molecule has 0 aliphatic rings. The van der Waals surface area contributed by atoms with Gasteiger partial charge >= 0.3 is 0 Å². The number of rotatable bonds is 10. The molecule has 0 saturated carbocycles. The molecule has 0 saturated heterocycles. The van der Waals surface area contributed by atoms with Crippen LogP contribution in [0.15, 0.2) is 12.1 Å². The van der Waals surface area contributed by atoms with E-state index in [0.717, 1.165) is 13.0 Å². The smallest absolute Gasteiger partial charge is 0.0564 e. The molecule has 1 rings (SSSR count). The summed E-state index contributed by atoms with van der Waals surface area (Å²) in [6, 6.07) is 4.97. The molecule has 0 aliphatic carbocycles. The van der Waals surface area contributed by atoms with Crippen LogP contribution in [0.4, 0.5) is 0 Å². The van der Waals surface area contributed by atoms with Gasteiger partial charge in [-0.2, -0.15) is 0 Å². The number of unbranched alkanes of at least 4 members (excludes halogenated alkanes) is 2. The van der Waals surface area contributed by atoms with Gasteiger partial charge in [0.2, 0.25) is 0 Å². The highest BCUT2D eigenvalue weighted by molar-refractivity contribution is 7.12. The largest absolute Gasteiger partial charge is 0.329 e. The molecular formula is C16H30N2S. The van der Waals surface area contributed by atoms with Crippen LogP contribution in [0.5, 0.6) is 0 Å². The van der Waals surface area contributed by atoms with Crippen molar-refractivity contribution in [2.24, 2.45) is 5.73 Å². The third-order valence-electron chi connectivity index (χ3n) is 3.62. The van der Waals surface area contributed by atoms with Crippen molar-refractivity contribution < 1.29 is 0 Å². The van der Waals surface area contributed by atoms with Crippen LogP contribution in [-0.4, -0.2) is 24.5 Å². The van der Waals surface area contributed by atoms with Gasteiger partial charge < -0.3 is 5.73 Å². The van der Waals surface area contributed by atoms with Crippen LogP contribution in [0.2, 0.25) is 0 Å². The van der Waals surface area contributed by atoms with Crippen molar-refractivity contribution in [2.75, 3.05) is 19.6 Å². The minimum Gasteiger partial charge on any atom is -0.329 e. The summed E-state index contributed by atoms with van der Waals surface area (Å²) < 4.78 is 0. The highest BCUT2D eigenvalue weighted by Gasteiger charge is 2.19. The van der Waals surface area contributed by atoms with E-state index in [1.807, 2.05) is 11.3 Å². The number of thiophene rings is 1. The molecule has 2 nitrogen and oxygen atoms in total. The molecular weight excluding hydrogens is 252 g/mol. The van der Waals surface area contributed by atoms with E-state index in [-0.39, 0.29) is 0 Å². The van der Waals surface area contributed by atoms with Gasteiger partial charge in [0.1, 0.15) is 0 Å². The van der Waals surface area contributed by atoms with Gasteiger partial charge in [-0.05, 0) is 44.5 Å². The van der Waals surface area contributed by atoms with Crippen molar-refractivity contribution >= 4 is 11.3 Å². The zero-order valence-corrected chi connectivity index (χ0v) is 13.6. The van der Waals surface area contributed by atoms with E-state index in [1.165, 1.54) is 48.5 Å². The second-order valence-electron chi connectivity index (χ2n) is 5.15. The van der Waals surface area contributed by atoms with Crippen LogP contribution in [0.1, 0.15) is 62.3 Å². The Kier molecular flexibility index (Phi) is 8.35. The van der Waals surface area contributed by atoms with Crippen LogP contribution in [0.25, 0.3) is 0 Å². The van der Waals surface area contributed by atoms with E-state index in [2.05, 4.69) is 37.8 Å². The van der Waals surface area contributed by atoms with Gasteiger partial charge in [0.15, 0.2) is 0 Å². The molecule has 0 bridgehead atoms. The van der Waals surface area contributed by atoms with Crippen molar-refractivity contribution in [1.82, 2.24) is 4.90 Å². The topological polar surface area (TPSA) is 29.3 Å². The van der Waals surface area contributed by atoms with Gasteiger partial charge in [0.05, 0.1) is 6.04 Å². The van der Waals surface area contributed by atoms with Gasteiger partial charge in [-0.1, -0.05) is 33.6 Å². The third kappa shape index (κ3) is 5.25. The highest BCUT2D eigenvalue weighted by atomic mass is 32.1. The lowest BCUT2D eigenvalue weighted by atomic mass is 10.1. The lowest BCUT2D eigenvalue weighted by Crippen LogP contribution is -2.34. The summed E-state index contributed by atoms with van der Waals surface area (Å²) in [4.78, 5) is 5.52. The van der Waals surface area contributed by atoms with Crippen molar-refractivity contribution in [3.8, 4) is 0 Å². The Bertz CT molecular complexity index is 327. The third-order valence-corrected chi connectivity index (χ3v) is 4.95. The fourth-order valence-electron chi connectivity index (χ4n) is 2.35. The predicted molar refractivity (Wildman–Crippen MR) is 86.9 cm³/mol. The Hall–Kier alpha value is -0.380. The number of nitrogens with two attached hydrogens (primary N) is 1. The zero-order chi connectivity index (χ0) is 14.1. The summed E-state index contributed by atoms with van der Waals surface area (Å²) in [5, 5.41) is 0. The van der Waals surface area contributed by atoms with E-state index in [1.54, 1.807) is 0 Å². The molecule has 2 N–H and O–H groups in total. The van der Waals surface area contributed by atoms with Gasteiger partial charge in [0.25, 0.3) is 0 Å². The molecule has 1 unspecified atom stereocenters. The van der Waals surface area contributed by atoms with Gasteiger partial charge in [-0.3, -0.25) is 4.90 Å². The van der Waals surface area contributed by atoms with Crippen LogP contribution in [-0.2, 0) is 6.42 Å². The molecule has 1 aromatic heterocycles. The van der Waals surface area contributed by atoms with Crippen LogP contribution in [0, 0.1) is 0 Å². The number of hydrogen-bond donors (Lipinski definition) is 1. The maximum atomic E-state index is 6.06. The minimum atomic E-state index is 0.420. The molecule has 1 heterocycles. The lowest BCUT2D eigenvalue weighted by Gasteiger charge is -2.30. The fourth-order valence-corrected chi connectivity index (χ4v) is 3.46. The highest BCUT2D eigenvalue weighted by Crippen LogP contribution is 2.28.